The molecule has 0 radical (unpaired) electrons. The van der Waals surface area contributed by atoms with E-state index in [-0.39, 0.29) is 0 Å². The number of likely N-dealkylation sites (N-methyl/N-ethyl adjacent to an activating group) is 1. The Morgan fingerprint density at radius 3 is 2.86 bits per heavy atom. The third-order valence-corrected chi connectivity index (χ3v) is 7.14. The minimum atomic E-state index is 0.347. The maximum absolute atomic E-state index is 9.82. The van der Waals surface area contributed by atoms with Crippen molar-refractivity contribution in [3.63, 3.8) is 0 Å². The first-order valence-corrected chi connectivity index (χ1v) is 12.1. The van der Waals surface area contributed by atoms with Gasteiger partial charge in [-0.05, 0) is 26.2 Å². The SMILES string of the molecule is COc1cc(N2CC(N(C)C)C2)c(N)cc1Nc1ncc(C#N)c(-c2cn3c4c(cccc24)OCC3)n1. The maximum atomic E-state index is 9.82. The van der Waals surface area contributed by atoms with Crippen LogP contribution in [-0.4, -0.2) is 66.4 Å². The number of hydrogen-bond donors (Lipinski definition) is 2. The Labute approximate surface area is 214 Å². The standard InChI is InChI=1S/C27H28N8O2/c1-33(2)17-13-35(14-17)22-10-24(36-3)21(9-20(22)29)31-27-30-12-16(11-28)25(32-27)19-15-34-7-8-37-23-6-4-5-18(19)26(23)34/h4-6,9-10,12,15,17H,7-8,13-14,29H2,1-3H3,(H,30,31,32). The molecule has 6 rings (SSSR count). The number of nitrogens with two attached hydrogens (primary N) is 1. The fourth-order valence-electron chi connectivity index (χ4n) is 5.02. The second-order valence-corrected chi connectivity index (χ2v) is 9.56. The summed E-state index contributed by atoms with van der Waals surface area (Å²) < 4.78 is 13.7. The average Bonchev–Trinajstić information content (AvgIpc) is 3.24. The van der Waals surface area contributed by atoms with Gasteiger partial charge in [0.05, 0.1) is 53.7 Å². The van der Waals surface area contributed by atoms with Crippen LogP contribution in [0.4, 0.5) is 23.0 Å². The Hall–Kier alpha value is -4.49. The molecule has 37 heavy (non-hydrogen) atoms. The highest BCUT2D eigenvalue weighted by atomic mass is 16.5. The lowest BCUT2D eigenvalue weighted by molar-refractivity contribution is 0.247. The van der Waals surface area contributed by atoms with Crippen molar-refractivity contribution in [2.75, 3.05) is 56.9 Å². The molecule has 1 fully saturated rings. The molecule has 0 bridgehead atoms. The van der Waals surface area contributed by atoms with Crippen molar-refractivity contribution in [3.05, 3.63) is 48.3 Å². The molecule has 0 atom stereocenters. The molecule has 0 spiro atoms. The van der Waals surface area contributed by atoms with Gasteiger partial charge in [0, 0.05) is 42.3 Å². The summed E-state index contributed by atoms with van der Waals surface area (Å²) in [4.78, 5) is 13.6. The lowest BCUT2D eigenvalue weighted by atomic mass is 10.1. The maximum Gasteiger partial charge on any atom is 0.227 e. The van der Waals surface area contributed by atoms with Gasteiger partial charge in [0.15, 0.2) is 0 Å². The monoisotopic (exact) mass is 496 g/mol. The van der Waals surface area contributed by atoms with Crippen LogP contribution in [0.2, 0.25) is 0 Å². The van der Waals surface area contributed by atoms with Crippen molar-refractivity contribution in [2.45, 2.75) is 12.6 Å². The van der Waals surface area contributed by atoms with Crippen LogP contribution in [0.25, 0.3) is 22.2 Å². The Bertz CT molecular complexity index is 1550. The third kappa shape index (κ3) is 3.84. The number of aromatic nitrogens is 3. The highest BCUT2D eigenvalue weighted by Crippen LogP contribution is 2.40. The number of nitriles is 1. The topological polar surface area (TPSA) is 117 Å². The third-order valence-electron chi connectivity index (χ3n) is 7.14. The van der Waals surface area contributed by atoms with E-state index in [1.807, 2.05) is 36.5 Å². The van der Waals surface area contributed by atoms with Crippen molar-refractivity contribution in [3.8, 4) is 28.8 Å². The molecular formula is C27H28N8O2. The van der Waals surface area contributed by atoms with Gasteiger partial charge >= 0.3 is 0 Å². The molecule has 2 aromatic carbocycles. The summed E-state index contributed by atoms with van der Waals surface area (Å²) in [6, 6.07) is 12.5. The largest absolute Gasteiger partial charge is 0.494 e. The summed E-state index contributed by atoms with van der Waals surface area (Å²) in [7, 11) is 5.80. The van der Waals surface area contributed by atoms with E-state index in [0.29, 0.717) is 47.0 Å². The van der Waals surface area contributed by atoms with Crippen LogP contribution in [0, 0.1) is 11.3 Å². The molecule has 1 saturated heterocycles. The number of nitrogens with one attached hydrogen (secondary N) is 1. The van der Waals surface area contributed by atoms with Crippen LogP contribution >= 0.6 is 0 Å². The smallest absolute Gasteiger partial charge is 0.227 e. The zero-order valence-electron chi connectivity index (χ0n) is 21.0. The van der Waals surface area contributed by atoms with Crippen LogP contribution < -0.4 is 25.4 Å². The average molecular weight is 497 g/mol. The molecule has 2 aliphatic heterocycles. The van der Waals surface area contributed by atoms with Crippen LogP contribution in [0.3, 0.4) is 0 Å². The quantitative estimate of drug-likeness (QED) is 0.387. The summed E-state index contributed by atoms with van der Waals surface area (Å²) in [5.41, 5.74) is 11.5. The second kappa shape index (κ2) is 8.87. The molecule has 0 aliphatic carbocycles. The lowest BCUT2D eigenvalue weighted by Crippen LogP contribution is -2.57. The number of rotatable bonds is 6. The van der Waals surface area contributed by atoms with Gasteiger partial charge in [0.1, 0.15) is 24.2 Å². The molecular weight excluding hydrogens is 468 g/mol. The van der Waals surface area contributed by atoms with Crippen molar-refractivity contribution >= 4 is 33.9 Å². The number of para-hydroxylation sites is 1. The molecule has 2 aromatic heterocycles. The fourth-order valence-corrected chi connectivity index (χ4v) is 5.02. The number of nitrogen functional groups attached to an aromatic ring is 1. The van der Waals surface area contributed by atoms with Crippen LogP contribution in [0.15, 0.2) is 42.7 Å². The highest BCUT2D eigenvalue weighted by Gasteiger charge is 2.30. The van der Waals surface area contributed by atoms with E-state index in [9.17, 15) is 5.26 Å². The van der Waals surface area contributed by atoms with E-state index in [2.05, 4.69) is 44.8 Å². The van der Waals surface area contributed by atoms with Crippen molar-refractivity contribution in [1.29, 1.82) is 5.26 Å². The highest BCUT2D eigenvalue weighted by molar-refractivity contribution is 5.99. The number of benzene rings is 2. The number of ether oxygens (including phenoxy) is 2. The molecule has 0 saturated carbocycles. The van der Waals surface area contributed by atoms with Crippen molar-refractivity contribution in [1.82, 2.24) is 19.4 Å². The first-order valence-electron chi connectivity index (χ1n) is 12.1. The zero-order valence-corrected chi connectivity index (χ0v) is 21.0. The summed E-state index contributed by atoms with van der Waals surface area (Å²) in [5, 5.41) is 14.1. The Morgan fingerprint density at radius 2 is 2.11 bits per heavy atom. The Morgan fingerprint density at radius 1 is 1.27 bits per heavy atom. The van der Waals surface area contributed by atoms with E-state index in [4.69, 9.17) is 20.2 Å². The summed E-state index contributed by atoms with van der Waals surface area (Å²) >= 11 is 0. The number of anilines is 4. The van der Waals surface area contributed by atoms with Gasteiger partial charge in [-0.2, -0.15) is 5.26 Å². The van der Waals surface area contributed by atoms with Gasteiger partial charge < -0.3 is 34.9 Å². The van der Waals surface area contributed by atoms with Crippen molar-refractivity contribution < 1.29 is 9.47 Å². The zero-order chi connectivity index (χ0) is 25.7. The van der Waals surface area contributed by atoms with Gasteiger partial charge in [-0.25, -0.2) is 9.97 Å². The number of hydrogen-bond acceptors (Lipinski definition) is 9. The van der Waals surface area contributed by atoms with E-state index >= 15 is 0 Å². The van der Waals surface area contributed by atoms with Gasteiger partial charge in [0.25, 0.3) is 0 Å². The van der Waals surface area contributed by atoms with Crippen LogP contribution in [0.5, 0.6) is 11.5 Å². The Kier molecular flexibility index (Phi) is 5.50. The molecule has 2 aliphatic rings. The summed E-state index contributed by atoms with van der Waals surface area (Å²) in [6.07, 6.45) is 3.57. The van der Waals surface area contributed by atoms with Crippen LogP contribution in [-0.2, 0) is 6.54 Å². The van der Waals surface area contributed by atoms with E-state index in [0.717, 1.165) is 47.5 Å². The van der Waals surface area contributed by atoms with Crippen LogP contribution in [0.1, 0.15) is 5.56 Å². The number of methoxy groups -OCH3 is 1. The van der Waals surface area contributed by atoms with Gasteiger partial charge in [-0.1, -0.05) is 12.1 Å². The summed E-state index contributed by atoms with van der Waals surface area (Å²) in [6.45, 7) is 3.16. The molecule has 0 amide bonds. The molecule has 3 N–H and O–H groups in total. The number of nitrogens with zero attached hydrogens (tertiary/aromatic N) is 6. The predicted molar refractivity (Wildman–Crippen MR) is 144 cm³/mol. The second-order valence-electron chi connectivity index (χ2n) is 9.56. The molecule has 10 heteroatoms. The molecule has 188 valence electrons. The minimum Gasteiger partial charge on any atom is -0.494 e. The van der Waals surface area contributed by atoms with Crippen molar-refractivity contribution in [2.24, 2.45) is 0 Å². The molecule has 0 unspecified atom stereocenters. The molecule has 10 nitrogen and oxygen atoms in total. The normalized spacial score (nSPS) is 14.8. The predicted octanol–water partition coefficient (Wildman–Crippen LogP) is 3.45. The Balaban J connectivity index is 1.36. The van der Waals surface area contributed by atoms with E-state index < -0.39 is 0 Å². The van der Waals surface area contributed by atoms with E-state index in [1.165, 1.54) is 0 Å². The minimum absolute atomic E-state index is 0.347. The van der Waals surface area contributed by atoms with Gasteiger partial charge in [0.2, 0.25) is 5.95 Å². The summed E-state index contributed by atoms with van der Waals surface area (Å²) in [5.74, 6) is 1.82. The molecule has 4 aromatic rings. The first-order chi connectivity index (χ1) is 18.0. The first kappa shape index (κ1) is 22.9. The van der Waals surface area contributed by atoms with Gasteiger partial charge in [-0.15, -0.1) is 0 Å². The fraction of sp³-hybridized carbons (Fsp3) is 0.296. The lowest BCUT2D eigenvalue weighted by Gasteiger charge is -2.44. The van der Waals surface area contributed by atoms with E-state index in [1.54, 1.807) is 13.3 Å². The van der Waals surface area contributed by atoms with Gasteiger partial charge in [-0.3, -0.25) is 0 Å². The molecule has 4 heterocycles.